The third-order valence-electron chi connectivity index (χ3n) is 7.79. The van der Waals surface area contributed by atoms with Gasteiger partial charge in [0.15, 0.2) is 0 Å². The number of rotatable bonds is 16. The monoisotopic (exact) mass is 682 g/mol. The Morgan fingerprint density at radius 2 is 0.978 bits per heavy atom. The summed E-state index contributed by atoms with van der Waals surface area (Å²) in [5, 5.41) is 4.88. The summed E-state index contributed by atoms with van der Waals surface area (Å²) in [4.78, 5) is 6.06. The highest BCUT2D eigenvalue weighted by Crippen LogP contribution is 2.34. The molecule has 0 aliphatic heterocycles. The predicted octanol–water partition coefficient (Wildman–Crippen LogP) is 11.9. The van der Waals surface area contributed by atoms with Crippen molar-refractivity contribution in [2.24, 2.45) is 0 Å². The summed E-state index contributed by atoms with van der Waals surface area (Å²) in [5.74, 6) is 1.41. The van der Waals surface area contributed by atoms with Crippen molar-refractivity contribution in [3.8, 4) is 0 Å². The number of benzene rings is 5. The van der Waals surface area contributed by atoms with Crippen LogP contribution in [0.3, 0.4) is 0 Å². The SMILES string of the molecule is CCCC/C=C(\CSc1ccc2c(ccc3cc(SC/C(=C\CCCC)S(=O)c4ccccc4)ccc32)c1)S(=O)c1ccccc1. The molecule has 0 N–H and O–H groups in total. The van der Waals surface area contributed by atoms with Gasteiger partial charge in [-0.05, 0) is 82.9 Å². The van der Waals surface area contributed by atoms with Crippen LogP contribution in [0, 0.1) is 0 Å². The molecule has 0 aliphatic rings. The molecule has 46 heavy (non-hydrogen) atoms. The fraction of sp³-hybridized carbons (Fsp3) is 0.250. The van der Waals surface area contributed by atoms with Gasteiger partial charge in [-0.25, -0.2) is 8.42 Å². The van der Waals surface area contributed by atoms with Crippen LogP contribution in [0.1, 0.15) is 52.4 Å². The molecular formula is C40H42O2S4. The van der Waals surface area contributed by atoms with E-state index in [0.717, 1.165) is 58.1 Å². The molecule has 0 spiro atoms. The Bertz CT molecular complexity index is 1710. The summed E-state index contributed by atoms with van der Waals surface area (Å²) >= 11 is 3.51. The van der Waals surface area contributed by atoms with E-state index in [9.17, 15) is 8.42 Å². The second kappa shape index (κ2) is 17.9. The van der Waals surface area contributed by atoms with Gasteiger partial charge in [0.1, 0.15) is 0 Å². The number of hydrogen-bond donors (Lipinski definition) is 0. The number of allylic oxidation sites excluding steroid dienone is 2. The Balaban J connectivity index is 1.30. The van der Waals surface area contributed by atoms with Crippen molar-refractivity contribution in [2.45, 2.75) is 72.0 Å². The zero-order valence-electron chi connectivity index (χ0n) is 26.7. The van der Waals surface area contributed by atoms with E-state index >= 15 is 0 Å². The summed E-state index contributed by atoms with van der Waals surface area (Å²) in [6.07, 6.45) is 10.7. The van der Waals surface area contributed by atoms with E-state index in [1.807, 2.05) is 60.7 Å². The minimum atomic E-state index is -1.15. The van der Waals surface area contributed by atoms with Crippen LogP contribution < -0.4 is 0 Å². The van der Waals surface area contributed by atoms with E-state index in [2.05, 4.69) is 74.5 Å². The lowest BCUT2D eigenvalue weighted by Crippen LogP contribution is -1.99. The highest BCUT2D eigenvalue weighted by molar-refractivity contribution is 8.01. The maximum Gasteiger partial charge on any atom is 0.0813 e. The van der Waals surface area contributed by atoms with Gasteiger partial charge < -0.3 is 0 Å². The van der Waals surface area contributed by atoms with E-state index < -0.39 is 21.6 Å². The molecule has 0 amide bonds. The molecule has 0 fully saturated rings. The van der Waals surface area contributed by atoms with Gasteiger partial charge in [-0.15, -0.1) is 23.5 Å². The zero-order valence-corrected chi connectivity index (χ0v) is 29.9. The van der Waals surface area contributed by atoms with Crippen LogP contribution in [0.25, 0.3) is 21.5 Å². The highest BCUT2D eigenvalue weighted by Gasteiger charge is 2.13. The van der Waals surface area contributed by atoms with E-state index in [1.165, 1.54) is 31.3 Å². The zero-order chi connectivity index (χ0) is 32.1. The van der Waals surface area contributed by atoms with E-state index in [4.69, 9.17) is 0 Å². The molecule has 2 atom stereocenters. The largest absolute Gasteiger partial charge is 0.249 e. The van der Waals surface area contributed by atoms with Crippen LogP contribution in [0.4, 0.5) is 0 Å². The van der Waals surface area contributed by atoms with Gasteiger partial charge in [-0.3, -0.25) is 0 Å². The van der Waals surface area contributed by atoms with Gasteiger partial charge in [0.2, 0.25) is 0 Å². The molecule has 0 aliphatic carbocycles. The van der Waals surface area contributed by atoms with Crippen LogP contribution in [-0.4, -0.2) is 19.9 Å². The van der Waals surface area contributed by atoms with Crippen LogP contribution in [0.15, 0.2) is 151 Å². The fourth-order valence-electron chi connectivity index (χ4n) is 5.22. The highest BCUT2D eigenvalue weighted by atomic mass is 32.2. The van der Waals surface area contributed by atoms with Crippen molar-refractivity contribution < 1.29 is 8.42 Å². The third kappa shape index (κ3) is 9.34. The number of fused-ring (bicyclic) bond motifs is 3. The fourth-order valence-corrected chi connectivity index (χ4v) is 9.98. The molecule has 0 radical (unpaired) electrons. The summed E-state index contributed by atoms with van der Waals surface area (Å²) in [7, 11) is -2.30. The molecule has 238 valence electrons. The molecule has 0 saturated carbocycles. The molecule has 2 nitrogen and oxygen atoms in total. The van der Waals surface area contributed by atoms with Crippen LogP contribution in [-0.2, 0) is 21.6 Å². The second-order valence-corrected chi connectivity index (χ2v) is 16.4. The first-order valence-electron chi connectivity index (χ1n) is 16.1. The van der Waals surface area contributed by atoms with Crippen molar-refractivity contribution in [1.82, 2.24) is 0 Å². The summed E-state index contributed by atoms with van der Waals surface area (Å²) in [5.41, 5.74) is 0. The van der Waals surface area contributed by atoms with Crippen LogP contribution in [0.5, 0.6) is 0 Å². The Kier molecular flexibility index (Phi) is 13.4. The quantitative estimate of drug-likeness (QED) is 0.0589. The van der Waals surface area contributed by atoms with Gasteiger partial charge in [0.05, 0.1) is 21.6 Å². The lowest BCUT2D eigenvalue weighted by atomic mass is 10.0. The normalized spacial score (nSPS) is 13.7. The average Bonchev–Trinajstić information content (AvgIpc) is 3.11. The summed E-state index contributed by atoms with van der Waals surface area (Å²) in [6, 6.07) is 37.3. The van der Waals surface area contributed by atoms with Gasteiger partial charge in [0, 0.05) is 40.9 Å². The lowest BCUT2D eigenvalue weighted by Gasteiger charge is -2.11. The van der Waals surface area contributed by atoms with Crippen molar-refractivity contribution in [3.63, 3.8) is 0 Å². The summed E-state index contributed by atoms with van der Waals surface area (Å²) < 4.78 is 26.8. The maximum absolute atomic E-state index is 13.4. The smallest absolute Gasteiger partial charge is 0.0813 e. The van der Waals surface area contributed by atoms with Crippen LogP contribution >= 0.6 is 23.5 Å². The lowest BCUT2D eigenvalue weighted by molar-refractivity contribution is 0.685. The van der Waals surface area contributed by atoms with E-state index in [-0.39, 0.29) is 0 Å². The van der Waals surface area contributed by atoms with Crippen molar-refractivity contribution in [3.05, 3.63) is 131 Å². The molecule has 0 aromatic heterocycles. The van der Waals surface area contributed by atoms with Gasteiger partial charge in [0.25, 0.3) is 0 Å². The minimum Gasteiger partial charge on any atom is -0.249 e. The molecule has 5 aromatic carbocycles. The second-order valence-electron chi connectivity index (χ2n) is 11.2. The first kappa shape index (κ1) is 34.4. The van der Waals surface area contributed by atoms with Crippen molar-refractivity contribution >= 4 is 66.7 Å². The van der Waals surface area contributed by atoms with Crippen molar-refractivity contribution in [1.29, 1.82) is 0 Å². The molecule has 5 aromatic rings. The van der Waals surface area contributed by atoms with E-state index in [0.29, 0.717) is 11.5 Å². The third-order valence-corrected chi connectivity index (χ3v) is 13.2. The number of hydrogen-bond acceptors (Lipinski definition) is 4. The Morgan fingerprint density at radius 3 is 1.37 bits per heavy atom. The first-order chi connectivity index (χ1) is 22.6. The maximum atomic E-state index is 13.4. The van der Waals surface area contributed by atoms with Gasteiger partial charge >= 0.3 is 0 Å². The standard InChI is InChI=1S/C40H42O2S4/c1-3-5-9-19-37(45(41)35-15-11-7-12-16-35)29-43-33-23-25-39-31(27-33)21-22-32-28-34(24-26-40(32)39)44-30-38(20-10-6-4-2)46(42)36-17-13-8-14-18-36/h7-8,11-28H,3-6,9-10,29-30H2,1-2H3/b37-19+,38-20+. The Morgan fingerprint density at radius 1 is 0.565 bits per heavy atom. The number of thioether (sulfide) groups is 2. The minimum absolute atomic E-state index is 0.703. The van der Waals surface area contributed by atoms with Gasteiger partial charge in [-0.1, -0.05) is 112 Å². The summed E-state index contributed by atoms with van der Waals surface area (Å²) in [6.45, 7) is 4.38. The molecule has 5 rings (SSSR count). The molecule has 0 bridgehead atoms. The number of unbranched alkanes of at least 4 members (excludes halogenated alkanes) is 4. The molecular weight excluding hydrogens is 641 g/mol. The predicted molar refractivity (Wildman–Crippen MR) is 204 cm³/mol. The average molecular weight is 683 g/mol. The van der Waals surface area contributed by atoms with Crippen molar-refractivity contribution in [2.75, 3.05) is 11.5 Å². The first-order valence-corrected chi connectivity index (χ1v) is 20.4. The van der Waals surface area contributed by atoms with Gasteiger partial charge in [-0.2, -0.15) is 0 Å². The Hall–Kier alpha value is -2.90. The molecule has 0 heterocycles. The molecule has 0 saturated heterocycles. The Labute approximate surface area is 288 Å². The van der Waals surface area contributed by atoms with E-state index in [1.54, 1.807) is 23.5 Å². The topological polar surface area (TPSA) is 34.1 Å². The molecule has 2 unspecified atom stereocenters. The molecule has 6 heteroatoms. The van der Waals surface area contributed by atoms with Crippen LogP contribution in [0.2, 0.25) is 0 Å².